The number of hydrogen-bond donors (Lipinski definition) is 1. The molecular weight excluding hydrogens is 284 g/mol. The molecule has 0 aliphatic rings. The Morgan fingerprint density at radius 3 is 1.90 bits per heavy atom. The third-order valence-corrected chi connectivity index (χ3v) is 5.43. The molecule has 0 atom stereocenters. The third kappa shape index (κ3) is 8.26. The molecule has 0 bridgehead atoms. The lowest BCUT2D eigenvalue weighted by molar-refractivity contribution is -0.151. The van der Waals surface area contributed by atoms with E-state index in [4.69, 9.17) is 23.1 Å². The summed E-state index contributed by atoms with van der Waals surface area (Å²) < 4.78 is 21.7. The number of aliphatic carboxylic acids is 1. The van der Waals surface area contributed by atoms with Crippen molar-refractivity contribution in [2.75, 3.05) is 26.4 Å². The highest BCUT2D eigenvalue weighted by atomic mass is 28.4. The molecule has 7 nitrogen and oxygen atoms in total. The molecule has 0 heterocycles. The van der Waals surface area contributed by atoms with Crippen LogP contribution in [0, 0.1) is 0 Å². The van der Waals surface area contributed by atoms with Crippen LogP contribution >= 0.6 is 0 Å². The van der Waals surface area contributed by atoms with Gasteiger partial charge in [-0.2, -0.15) is 0 Å². The molecular formula is C12H24O7Si. The van der Waals surface area contributed by atoms with Crippen molar-refractivity contribution in [2.24, 2.45) is 0 Å². The Hall–Kier alpha value is -0.963. The van der Waals surface area contributed by atoms with Gasteiger partial charge in [-0.3, -0.25) is 9.59 Å². The lowest BCUT2D eigenvalue weighted by Gasteiger charge is -2.28. The van der Waals surface area contributed by atoms with E-state index in [2.05, 4.69) is 0 Å². The van der Waals surface area contributed by atoms with Crippen molar-refractivity contribution >= 4 is 20.7 Å². The first-order chi connectivity index (χ1) is 9.49. The van der Waals surface area contributed by atoms with Crippen molar-refractivity contribution in [3.05, 3.63) is 0 Å². The summed E-state index contributed by atoms with van der Waals surface area (Å²) >= 11 is 0. The molecule has 0 aromatic rings. The fourth-order valence-corrected chi connectivity index (χ4v) is 4.23. The number of hydrogen-bond acceptors (Lipinski definition) is 6. The number of carbonyl (C=O) groups excluding carboxylic acids is 1. The minimum Gasteiger partial charge on any atom is -0.481 e. The fourth-order valence-electron chi connectivity index (χ4n) is 1.65. The Balaban J connectivity index is 4.18. The van der Waals surface area contributed by atoms with Crippen molar-refractivity contribution in [3.8, 4) is 0 Å². The van der Waals surface area contributed by atoms with Crippen LogP contribution in [0.4, 0.5) is 0 Å². The van der Waals surface area contributed by atoms with E-state index >= 15 is 0 Å². The van der Waals surface area contributed by atoms with E-state index in [1.165, 1.54) is 0 Å². The summed E-state index contributed by atoms with van der Waals surface area (Å²) in [6.07, 6.45) is -0.109. The van der Waals surface area contributed by atoms with Gasteiger partial charge in [-0.05, 0) is 27.2 Å². The van der Waals surface area contributed by atoms with Gasteiger partial charge in [0.05, 0.1) is 6.61 Å². The summed E-state index contributed by atoms with van der Waals surface area (Å²) in [4.78, 5) is 21.4. The van der Waals surface area contributed by atoms with Gasteiger partial charge in [-0.1, -0.05) is 0 Å². The molecule has 0 spiro atoms. The van der Waals surface area contributed by atoms with Gasteiger partial charge >= 0.3 is 20.7 Å². The molecule has 0 amide bonds. The van der Waals surface area contributed by atoms with Crippen LogP contribution in [-0.4, -0.2) is 52.3 Å². The zero-order valence-electron chi connectivity index (χ0n) is 12.3. The van der Waals surface area contributed by atoms with Crippen LogP contribution in [0.3, 0.4) is 0 Å². The van der Waals surface area contributed by atoms with E-state index in [0.717, 1.165) is 0 Å². The van der Waals surface area contributed by atoms with E-state index in [0.29, 0.717) is 32.3 Å². The minimum atomic E-state index is -2.71. The van der Waals surface area contributed by atoms with Crippen LogP contribution in [0.25, 0.3) is 0 Å². The number of rotatable bonds is 12. The molecule has 0 aliphatic heterocycles. The Bertz CT molecular complexity index is 279. The van der Waals surface area contributed by atoms with E-state index in [-0.39, 0.29) is 6.61 Å². The standard InChI is InChI=1S/C12H24O7Si/c1-4-17-20(18-5-2,19-6-3)9-7-8-16-12(15)10-11(13)14/h4-10H2,1-3H3,(H,13,14). The first-order valence-electron chi connectivity index (χ1n) is 6.79. The topological polar surface area (TPSA) is 91.3 Å². The Morgan fingerprint density at radius 2 is 1.50 bits per heavy atom. The van der Waals surface area contributed by atoms with Gasteiger partial charge in [0.15, 0.2) is 0 Å². The van der Waals surface area contributed by atoms with Crippen LogP contribution < -0.4 is 0 Å². The Kier molecular flexibility index (Phi) is 10.3. The molecule has 118 valence electrons. The summed E-state index contributed by atoms with van der Waals surface area (Å²) in [6, 6.07) is 0.531. The van der Waals surface area contributed by atoms with Gasteiger partial charge in [-0.15, -0.1) is 0 Å². The maximum absolute atomic E-state index is 11.1. The zero-order valence-corrected chi connectivity index (χ0v) is 13.3. The molecule has 0 aliphatic carbocycles. The number of carbonyl (C=O) groups is 2. The summed E-state index contributed by atoms with van der Waals surface area (Å²) in [5.41, 5.74) is 0. The van der Waals surface area contributed by atoms with E-state index < -0.39 is 27.2 Å². The van der Waals surface area contributed by atoms with Crippen molar-refractivity contribution < 1.29 is 32.7 Å². The van der Waals surface area contributed by atoms with Crippen LogP contribution in [0.1, 0.15) is 33.6 Å². The van der Waals surface area contributed by atoms with Gasteiger partial charge in [-0.25, -0.2) is 0 Å². The van der Waals surface area contributed by atoms with Gasteiger partial charge in [0.1, 0.15) is 6.42 Å². The summed E-state index contributed by atoms with van der Waals surface area (Å²) in [7, 11) is -2.71. The number of esters is 1. The SMILES string of the molecule is CCO[Si](CCCOC(=O)CC(=O)O)(OCC)OCC. The lowest BCUT2D eigenvalue weighted by atomic mass is 10.4. The van der Waals surface area contributed by atoms with E-state index in [9.17, 15) is 9.59 Å². The maximum atomic E-state index is 11.1. The monoisotopic (exact) mass is 308 g/mol. The first-order valence-corrected chi connectivity index (χ1v) is 8.72. The van der Waals surface area contributed by atoms with E-state index in [1.54, 1.807) is 0 Å². The molecule has 1 N–H and O–H groups in total. The predicted molar refractivity (Wildman–Crippen MR) is 73.3 cm³/mol. The lowest BCUT2D eigenvalue weighted by Crippen LogP contribution is -2.46. The summed E-state index contributed by atoms with van der Waals surface area (Å²) in [5.74, 6) is -1.94. The van der Waals surface area contributed by atoms with Crippen LogP contribution in [0.2, 0.25) is 6.04 Å². The Labute approximate surface area is 120 Å². The maximum Gasteiger partial charge on any atom is 0.501 e. The second kappa shape index (κ2) is 10.8. The van der Waals surface area contributed by atoms with Crippen LogP contribution in [0.5, 0.6) is 0 Å². The Morgan fingerprint density at radius 1 is 1.00 bits per heavy atom. The molecule has 0 saturated carbocycles. The average molecular weight is 308 g/mol. The molecule has 0 radical (unpaired) electrons. The summed E-state index contributed by atoms with van der Waals surface area (Å²) in [6.45, 7) is 7.21. The quantitative estimate of drug-likeness (QED) is 0.252. The van der Waals surface area contributed by atoms with Crippen LogP contribution in [-0.2, 0) is 27.6 Å². The minimum absolute atomic E-state index is 0.133. The molecule has 0 rings (SSSR count). The van der Waals surface area contributed by atoms with E-state index in [1.807, 2.05) is 20.8 Å². The third-order valence-electron chi connectivity index (χ3n) is 2.28. The number of carboxylic acids is 1. The van der Waals surface area contributed by atoms with Gasteiger partial charge in [0.2, 0.25) is 0 Å². The predicted octanol–water partition coefficient (Wildman–Crippen LogP) is 1.44. The van der Waals surface area contributed by atoms with Gasteiger partial charge < -0.3 is 23.1 Å². The second-order valence-corrected chi connectivity index (χ2v) is 6.61. The van der Waals surface area contributed by atoms with Gasteiger partial charge in [0, 0.05) is 25.9 Å². The normalized spacial score (nSPS) is 11.3. The second-order valence-electron chi connectivity index (χ2n) is 3.88. The number of ether oxygens (including phenoxy) is 1. The molecule has 0 aromatic heterocycles. The fraction of sp³-hybridized carbons (Fsp3) is 0.833. The van der Waals surface area contributed by atoms with Crippen molar-refractivity contribution in [1.82, 2.24) is 0 Å². The molecule has 0 saturated heterocycles. The van der Waals surface area contributed by atoms with Crippen molar-refractivity contribution in [2.45, 2.75) is 39.7 Å². The first kappa shape index (κ1) is 19.0. The largest absolute Gasteiger partial charge is 0.501 e. The zero-order chi connectivity index (χ0) is 15.4. The van der Waals surface area contributed by atoms with Gasteiger partial charge in [0.25, 0.3) is 0 Å². The highest BCUT2D eigenvalue weighted by molar-refractivity contribution is 6.60. The molecule has 0 unspecified atom stereocenters. The average Bonchev–Trinajstić information content (AvgIpc) is 2.35. The highest BCUT2D eigenvalue weighted by Gasteiger charge is 2.39. The van der Waals surface area contributed by atoms with Crippen molar-refractivity contribution in [3.63, 3.8) is 0 Å². The summed E-state index contributed by atoms with van der Waals surface area (Å²) in [5, 5.41) is 8.43. The smallest absolute Gasteiger partial charge is 0.481 e. The highest BCUT2D eigenvalue weighted by Crippen LogP contribution is 2.18. The molecule has 0 aromatic carbocycles. The molecule has 20 heavy (non-hydrogen) atoms. The number of carboxylic acid groups (broad SMARTS) is 1. The molecule has 0 fully saturated rings. The van der Waals surface area contributed by atoms with Crippen LogP contribution in [0.15, 0.2) is 0 Å². The molecule has 8 heteroatoms. The van der Waals surface area contributed by atoms with Crippen molar-refractivity contribution in [1.29, 1.82) is 0 Å².